The van der Waals surface area contributed by atoms with Crippen molar-refractivity contribution in [3.63, 3.8) is 0 Å². The fraction of sp³-hybridized carbons (Fsp3) is 0.263. The van der Waals surface area contributed by atoms with Crippen molar-refractivity contribution < 1.29 is 21.6 Å². The number of hydrogen-bond acceptors (Lipinski definition) is 6. The highest BCUT2D eigenvalue weighted by Gasteiger charge is 2.28. The zero-order chi connectivity index (χ0) is 20.5. The highest BCUT2D eigenvalue weighted by molar-refractivity contribution is 7.91. The maximum atomic E-state index is 12.7. The summed E-state index contributed by atoms with van der Waals surface area (Å²) in [6, 6.07) is 15.6. The lowest BCUT2D eigenvalue weighted by molar-refractivity contribution is 0.0731. The third kappa shape index (κ3) is 4.37. The van der Waals surface area contributed by atoms with Crippen LogP contribution in [-0.2, 0) is 31.3 Å². The van der Waals surface area contributed by atoms with Crippen LogP contribution in [0.15, 0.2) is 63.7 Å². The Morgan fingerprint density at radius 3 is 2.41 bits per heavy atom. The topological polar surface area (TPSA) is 92.8 Å². The molecule has 0 amide bonds. The summed E-state index contributed by atoms with van der Waals surface area (Å²) in [5, 5.41) is 1.80. The van der Waals surface area contributed by atoms with Gasteiger partial charge in [-0.25, -0.2) is 21.6 Å². The molecule has 0 bridgehead atoms. The fourth-order valence-corrected chi connectivity index (χ4v) is 7.08. The Morgan fingerprint density at radius 2 is 1.66 bits per heavy atom. The van der Waals surface area contributed by atoms with Crippen LogP contribution in [0.25, 0.3) is 10.8 Å². The molecule has 1 aromatic heterocycles. The molecule has 0 spiro atoms. The van der Waals surface area contributed by atoms with Crippen LogP contribution in [0.2, 0.25) is 0 Å². The van der Waals surface area contributed by atoms with E-state index in [2.05, 4.69) is 4.72 Å². The van der Waals surface area contributed by atoms with Gasteiger partial charge in [0, 0.05) is 24.5 Å². The van der Waals surface area contributed by atoms with Crippen LogP contribution in [0.5, 0.6) is 0 Å². The second kappa shape index (κ2) is 8.13. The van der Waals surface area contributed by atoms with Crippen molar-refractivity contribution in [2.24, 2.45) is 0 Å². The first-order valence-electron chi connectivity index (χ1n) is 9.01. The quantitative estimate of drug-likeness (QED) is 0.620. The van der Waals surface area contributed by atoms with Crippen LogP contribution in [0.4, 0.5) is 0 Å². The van der Waals surface area contributed by atoms with Crippen LogP contribution < -0.4 is 4.72 Å². The number of fused-ring (bicyclic) bond motifs is 1. The van der Waals surface area contributed by atoms with E-state index in [9.17, 15) is 16.8 Å². The van der Waals surface area contributed by atoms with Crippen LogP contribution in [0, 0.1) is 0 Å². The molecule has 2 aromatic carbocycles. The first-order chi connectivity index (χ1) is 13.9. The second-order valence-corrected chi connectivity index (χ2v) is 11.7. The van der Waals surface area contributed by atoms with Gasteiger partial charge in [0.15, 0.2) is 0 Å². The Morgan fingerprint density at radius 1 is 0.931 bits per heavy atom. The van der Waals surface area contributed by atoms with Crippen molar-refractivity contribution >= 4 is 42.2 Å². The molecule has 3 aromatic rings. The lowest BCUT2D eigenvalue weighted by Gasteiger charge is -2.25. The Labute approximate surface area is 174 Å². The number of morpholine rings is 1. The van der Waals surface area contributed by atoms with Gasteiger partial charge in [-0.05, 0) is 35.0 Å². The number of sulfonamides is 2. The summed E-state index contributed by atoms with van der Waals surface area (Å²) in [6.07, 6.45) is 0. The van der Waals surface area contributed by atoms with E-state index in [1.165, 1.54) is 10.4 Å². The van der Waals surface area contributed by atoms with E-state index in [0.29, 0.717) is 31.2 Å². The highest BCUT2D eigenvalue weighted by Crippen LogP contribution is 2.26. The molecular formula is C19H20N2O5S3. The molecule has 10 heteroatoms. The smallest absolute Gasteiger partial charge is 0.252 e. The third-order valence-corrected chi connectivity index (χ3v) is 9.52. The van der Waals surface area contributed by atoms with E-state index in [0.717, 1.165) is 22.1 Å². The molecule has 0 radical (unpaired) electrons. The number of benzene rings is 2. The Hall–Kier alpha value is -1.82. The van der Waals surface area contributed by atoms with Crippen molar-refractivity contribution in [1.82, 2.24) is 9.03 Å². The monoisotopic (exact) mass is 452 g/mol. The number of rotatable bonds is 6. The number of hydrogen-bond donors (Lipinski definition) is 1. The van der Waals surface area contributed by atoms with Crippen LogP contribution >= 0.6 is 11.3 Å². The van der Waals surface area contributed by atoms with Gasteiger partial charge in [0.1, 0.15) is 4.21 Å². The zero-order valence-electron chi connectivity index (χ0n) is 15.4. The summed E-state index contributed by atoms with van der Waals surface area (Å²) in [5.74, 6) is 0. The highest BCUT2D eigenvalue weighted by atomic mass is 32.2. The van der Waals surface area contributed by atoms with Gasteiger partial charge in [-0.15, -0.1) is 11.3 Å². The Bertz CT molecular complexity index is 1230. The summed E-state index contributed by atoms with van der Waals surface area (Å²) < 4.78 is 60.0. The summed E-state index contributed by atoms with van der Waals surface area (Å²) in [5.41, 5.74) is 0. The fourth-order valence-electron chi connectivity index (χ4n) is 3.09. The van der Waals surface area contributed by atoms with E-state index >= 15 is 0 Å². The molecule has 0 atom stereocenters. The molecule has 29 heavy (non-hydrogen) atoms. The molecule has 1 aliphatic rings. The van der Waals surface area contributed by atoms with Gasteiger partial charge in [-0.2, -0.15) is 4.31 Å². The predicted octanol–water partition coefficient (Wildman–Crippen LogP) is 2.40. The molecule has 4 rings (SSSR count). The van der Waals surface area contributed by atoms with E-state index < -0.39 is 20.0 Å². The van der Waals surface area contributed by atoms with Crippen LogP contribution in [-0.4, -0.2) is 47.4 Å². The number of nitrogens with zero attached hydrogens (tertiary/aromatic N) is 1. The second-order valence-electron chi connectivity index (χ2n) is 6.57. The van der Waals surface area contributed by atoms with Gasteiger partial charge in [-0.1, -0.05) is 30.3 Å². The molecule has 7 nitrogen and oxygen atoms in total. The molecule has 1 fully saturated rings. The van der Waals surface area contributed by atoms with Gasteiger partial charge in [0.2, 0.25) is 10.0 Å². The lowest BCUT2D eigenvalue weighted by Crippen LogP contribution is -2.40. The van der Waals surface area contributed by atoms with Crippen LogP contribution in [0.3, 0.4) is 0 Å². The SMILES string of the molecule is O=S(=O)(NCc1ccc(S(=O)(=O)N2CCOCC2)s1)c1ccc2ccccc2c1. The normalized spacial score (nSPS) is 16.3. The lowest BCUT2D eigenvalue weighted by atomic mass is 10.1. The molecule has 0 aliphatic carbocycles. The Kier molecular flexibility index (Phi) is 5.74. The van der Waals surface area contributed by atoms with E-state index in [1.54, 1.807) is 24.3 Å². The minimum Gasteiger partial charge on any atom is -0.379 e. The number of thiophene rings is 1. The number of ether oxygens (including phenoxy) is 1. The largest absolute Gasteiger partial charge is 0.379 e. The molecule has 2 heterocycles. The van der Waals surface area contributed by atoms with Gasteiger partial charge < -0.3 is 4.74 Å². The first-order valence-corrected chi connectivity index (χ1v) is 12.8. The van der Waals surface area contributed by atoms with Crippen LogP contribution in [0.1, 0.15) is 4.88 Å². The average molecular weight is 453 g/mol. The molecule has 0 unspecified atom stereocenters. The summed E-state index contributed by atoms with van der Waals surface area (Å²) in [7, 11) is -7.29. The average Bonchev–Trinajstić information content (AvgIpc) is 3.23. The molecule has 1 saturated heterocycles. The van der Waals surface area contributed by atoms with Crippen molar-refractivity contribution in [3.8, 4) is 0 Å². The molecule has 154 valence electrons. The summed E-state index contributed by atoms with van der Waals surface area (Å²) in [4.78, 5) is 0.801. The molecular weight excluding hydrogens is 432 g/mol. The van der Waals surface area contributed by atoms with Gasteiger partial charge in [0.05, 0.1) is 18.1 Å². The standard InChI is InChI=1S/C19H20N2O5S3/c22-28(23,18-7-5-15-3-1-2-4-16(15)13-18)20-14-17-6-8-19(27-17)29(24,25)21-9-11-26-12-10-21/h1-8,13,20H,9-12,14H2. The third-order valence-electron chi connectivity index (χ3n) is 4.67. The minimum atomic E-state index is -3.72. The molecule has 0 saturated carbocycles. The maximum absolute atomic E-state index is 12.7. The first kappa shape index (κ1) is 20.5. The Balaban J connectivity index is 1.48. The minimum absolute atomic E-state index is 0.0262. The predicted molar refractivity (Wildman–Crippen MR) is 112 cm³/mol. The molecule has 1 aliphatic heterocycles. The summed E-state index contributed by atoms with van der Waals surface area (Å²) in [6.45, 7) is 1.43. The van der Waals surface area contributed by atoms with Crippen molar-refractivity contribution in [2.45, 2.75) is 15.6 Å². The zero-order valence-corrected chi connectivity index (χ0v) is 17.9. The van der Waals surface area contributed by atoms with Gasteiger partial charge in [0.25, 0.3) is 10.0 Å². The van der Waals surface area contributed by atoms with Crippen molar-refractivity contribution in [3.05, 3.63) is 59.5 Å². The van der Waals surface area contributed by atoms with Gasteiger partial charge in [-0.3, -0.25) is 0 Å². The summed E-state index contributed by atoms with van der Waals surface area (Å²) >= 11 is 1.07. The van der Waals surface area contributed by atoms with E-state index in [1.807, 2.05) is 24.3 Å². The molecule has 1 N–H and O–H groups in total. The maximum Gasteiger partial charge on any atom is 0.252 e. The van der Waals surface area contributed by atoms with Crippen molar-refractivity contribution in [2.75, 3.05) is 26.3 Å². The number of nitrogens with one attached hydrogen (secondary N) is 1. The van der Waals surface area contributed by atoms with E-state index in [4.69, 9.17) is 4.74 Å². The van der Waals surface area contributed by atoms with Gasteiger partial charge >= 0.3 is 0 Å². The van der Waals surface area contributed by atoms with Crippen molar-refractivity contribution in [1.29, 1.82) is 0 Å². The van der Waals surface area contributed by atoms with E-state index in [-0.39, 0.29) is 15.6 Å².